The van der Waals surface area contributed by atoms with Gasteiger partial charge in [-0.1, -0.05) is 30.8 Å². The summed E-state index contributed by atoms with van der Waals surface area (Å²) >= 11 is 1.22. The Bertz CT molecular complexity index is 937. The third-order valence-electron chi connectivity index (χ3n) is 3.82. The minimum Gasteiger partial charge on any atom is -0.366 e. The molecule has 0 unspecified atom stereocenters. The van der Waals surface area contributed by atoms with Gasteiger partial charge in [0.1, 0.15) is 0 Å². The monoisotopic (exact) mass is 382 g/mol. The van der Waals surface area contributed by atoms with Crippen molar-refractivity contribution in [3.05, 3.63) is 59.7 Å². The second-order valence-corrected chi connectivity index (χ2v) is 6.61. The van der Waals surface area contributed by atoms with Gasteiger partial charge in [-0.05, 0) is 58.8 Å². The molecule has 9 heteroatoms. The lowest BCUT2D eigenvalue weighted by atomic mass is 10.1. The average Bonchev–Trinajstić information content (AvgIpc) is 3.15. The van der Waals surface area contributed by atoms with E-state index in [0.29, 0.717) is 16.4 Å². The zero-order chi connectivity index (χ0) is 19.2. The fourth-order valence-electron chi connectivity index (χ4n) is 2.35. The highest BCUT2D eigenvalue weighted by Gasteiger charge is 2.12. The van der Waals surface area contributed by atoms with Crippen LogP contribution in [-0.4, -0.2) is 37.8 Å². The first-order chi connectivity index (χ1) is 13.1. The fraction of sp³-hybridized carbons (Fsp3) is 0.167. The predicted molar refractivity (Wildman–Crippen MR) is 103 cm³/mol. The predicted octanol–water partition coefficient (Wildman–Crippen LogP) is 2.05. The van der Waals surface area contributed by atoms with E-state index in [9.17, 15) is 9.59 Å². The second-order valence-electron chi connectivity index (χ2n) is 5.67. The van der Waals surface area contributed by atoms with Crippen molar-refractivity contribution in [1.82, 2.24) is 20.2 Å². The molecule has 1 aromatic heterocycles. The molecule has 0 fully saturated rings. The second kappa shape index (κ2) is 8.45. The van der Waals surface area contributed by atoms with Crippen LogP contribution in [0.1, 0.15) is 22.8 Å². The lowest BCUT2D eigenvalue weighted by molar-refractivity contribution is -0.113. The van der Waals surface area contributed by atoms with E-state index in [-0.39, 0.29) is 11.7 Å². The van der Waals surface area contributed by atoms with Crippen molar-refractivity contribution in [3.63, 3.8) is 0 Å². The molecule has 0 saturated carbocycles. The van der Waals surface area contributed by atoms with Crippen LogP contribution in [0.3, 0.4) is 0 Å². The molecule has 0 aliphatic heterocycles. The molecule has 2 amide bonds. The van der Waals surface area contributed by atoms with Crippen molar-refractivity contribution >= 4 is 29.3 Å². The molecule has 2 aromatic carbocycles. The highest BCUT2D eigenvalue weighted by atomic mass is 32.2. The maximum atomic E-state index is 12.2. The molecule has 3 rings (SSSR count). The Morgan fingerprint density at radius 2 is 1.81 bits per heavy atom. The molecule has 0 atom stereocenters. The Balaban J connectivity index is 1.62. The SMILES string of the molecule is CCc1ccc(NC(=O)CSc2nnnn2-c2ccc(C(N)=O)cc2)cc1. The van der Waals surface area contributed by atoms with Crippen LogP contribution in [0.15, 0.2) is 53.7 Å². The molecule has 3 N–H and O–H groups in total. The van der Waals surface area contributed by atoms with Crippen molar-refractivity contribution in [3.8, 4) is 5.69 Å². The number of primary amides is 1. The summed E-state index contributed by atoms with van der Waals surface area (Å²) in [6.45, 7) is 2.08. The minimum atomic E-state index is -0.503. The number of aromatic nitrogens is 4. The standard InChI is InChI=1S/C18H18N6O2S/c1-2-12-3-7-14(8-4-12)20-16(25)11-27-18-21-22-23-24(18)15-9-5-13(6-10-15)17(19)26/h3-10H,2,11H2,1H3,(H2,19,26)(H,20,25). The van der Waals surface area contributed by atoms with Crippen LogP contribution < -0.4 is 11.1 Å². The zero-order valence-corrected chi connectivity index (χ0v) is 15.4. The summed E-state index contributed by atoms with van der Waals surface area (Å²) in [7, 11) is 0. The molecule has 138 valence electrons. The number of carbonyl (C=O) groups is 2. The molecule has 0 aliphatic rings. The summed E-state index contributed by atoms with van der Waals surface area (Å²) in [6, 6.07) is 14.3. The third kappa shape index (κ3) is 4.70. The van der Waals surface area contributed by atoms with Gasteiger partial charge in [0.2, 0.25) is 17.0 Å². The van der Waals surface area contributed by atoms with Crippen LogP contribution in [0.25, 0.3) is 5.69 Å². The van der Waals surface area contributed by atoms with Gasteiger partial charge in [-0.2, -0.15) is 4.68 Å². The van der Waals surface area contributed by atoms with Crippen molar-refractivity contribution in [1.29, 1.82) is 0 Å². The van der Waals surface area contributed by atoms with Crippen LogP contribution >= 0.6 is 11.8 Å². The van der Waals surface area contributed by atoms with Crippen molar-refractivity contribution in [2.24, 2.45) is 5.73 Å². The molecule has 3 aromatic rings. The smallest absolute Gasteiger partial charge is 0.248 e. The highest BCUT2D eigenvalue weighted by molar-refractivity contribution is 7.99. The quantitative estimate of drug-likeness (QED) is 0.604. The Kier molecular flexibility index (Phi) is 5.82. The first kappa shape index (κ1) is 18.6. The number of amides is 2. The Labute approximate surface area is 160 Å². The number of carbonyl (C=O) groups excluding carboxylic acids is 2. The van der Waals surface area contributed by atoms with Crippen LogP contribution in [0.4, 0.5) is 5.69 Å². The van der Waals surface area contributed by atoms with E-state index < -0.39 is 5.91 Å². The molecule has 0 bridgehead atoms. The van der Waals surface area contributed by atoms with Gasteiger partial charge in [0.25, 0.3) is 0 Å². The Hall–Kier alpha value is -3.20. The molecular formula is C18H18N6O2S. The van der Waals surface area contributed by atoms with Gasteiger partial charge in [0, 0.05) is 11.3 Å². The largest absolute Gasteiger partial charge is 0.366 e. The van der Waals surface area contributed by atoms with Gasteiger partial charge < -0.3 is 11.1 Å². The molecule has 8 nitrogen and oxygen atoms in total. The third-order valence-corrected chi connectivity index (χ3v) is 4.73. The van der Waals surface area contributed by atoms with Gasteiger partial charge in [-0.3, -0.25) is 9.59 Å². The van der Waals surface area contributed by atoms with Crippen LogP contribution in [0.2, 0.25) is 0 Å². The molecule has 1 heterocycles. The van der Waals surface area contributed by atoms with E-state index in [0.717, 1.165) is 12.1 Å². The summed E-state index contributed by atoms with van der Waals surface area (Å²) in [5.74, 6) is -0.491. The van der Waals surface area contributed by atoms with E-state index >= 15 is 0 Å². The highest BCUT2D eigenvalue weighted by Crippen LogP contribution is 2.19. The fourth-order valence-corrected chi connectivity index (χ4v) is 3.04. The lowest BCUT2D eigenvalue weighted by Gasteiger charge is -2.07. The molecule has 0 radical (unpaired) electrons. The van der Waals surface area contributed by atoms with Gasteiger partial charge in [0.15, 0.2) is 0 Å². The van der Waals surface area contributed by atoms with E-state index in [1.54, 1.807) is 24.3 Å². The number of nitrogens with one attached hydrogen (secondary N) is 1. The van der Waals surface area contributed by atoms with Gasteiger partial charge >= 0.3 is 0 Å². The lowest BCUT2D eigenvalue weighted by Crippen LogP contribution is -2.14. The Morgan fingerprint density at radius 3 is 2.44 bits per heavy atom. The number of rotatable bonds is 7. The number of anilines is 1. The number of hydrogen-bond acceptors (Lipinski definition) is 6. The van der Waals surface area contributed by atoms with E-state index in [1.807, 2.05) is 24.3 Å². The topological polar surface area (TPSA) is 116 Å². The Morgan fingerprint density at radius 1 is 1.11 bits per heavy atom. The van der Waals surface area contributed by atoms with Gasteiger partial charge in [0.05, 0.1) is 11.4 Å². The molecule has 0 saturated heterocycles. The molecule has 0 aliphatic carbocycles. The summed E-state index contributed by atoms with van der Waals surface area (Å²) in [5.41, 5.74) is 8.27. The minimum absolute atomic E-state index is 0.150. The van der Waals surface area contributed by atoms with Crippen LogP contribution in [0.5, 0.6) is 0 Å². The van der Waals surface area contributed by atoms with Crippen LogP contribution in [0, 0.1) is 0 Å². The number of benzene rings is 2. The van der Waals surface area contributed by atoms with E-state index in [4.69, 9.17) is 5.73 Å². The first-order valence-electron chi connectivity index (χ1n) is 8.27. The summed E-state index contributed by atoms with van der Waals surface area (Å²) in [5, 5.41) is 14.8. The number of tetrazole rings is 1. The van der Waals surface area contributed by atoms with Crippen molar-refractivity contribution < 1.29 is 9.59 Å². The maximum Gasteiger partial charge on any atom is 0.248 e. The first-order valence-corrected chi connectivity index (χ1v) is 9.25. The maximum absolute atomic E-state index is 12.2. The summed E-state index contributed by atoms with van der Waals surface area (Å²) < 4.78 is 1.50. The number of thioether (sulfide) groups is 1. The van der Waals surface area contributed by atoms with Crippen molar-refractivity contribution in [2.75, 3.05) is 11.1 Å². The average molecular weight is 382 g/mol. The number of nitrogens with two attached hydrogens (primary N) is 1. The molecule has 0 spiro atoms. The number of hydrogen-bond donors (Lipinski definition) is 2. The van der Waals surface area contributed by atoms with Gasteiger partial charge in [-0.15, -0.1) is 5.10 Å². The van der Waals surface area contributed by atoms with E-state index in [1.165, 1.54) is 22.0 Å². The van der Waals surface area contributed by atoms with Crippen molar-refractivity contribution in [2.45, 2.75) is 18.5 Å². The zero-order valence-electron chi connectivity index (χ0n) is 14.6. The summed E-state index contributed by atoms with van der Waals surface area (Å²) in [4.78, 5) is 23.3. The van der Waals surface area contributed by atoms with E-state index in [2.05, 4.69) is 27.8 Å². The molecular weight excluding hydrogens is 364 g/mol. The number of aryl methyl sites for hydroxylation is 1. The molecule has 27 heavy (non-hydrogen) atoms. The summed E-state index contributed by atoms with van der Waals surface area (Å²) in [6.07, 6.45) is 0.952. The van der Waals surface area contributed by atoms with Crippen LogP contribution in [-0.2, 0) is 11.2 Å². The normalized spacial score (nSPS) is 10.6. The van der Waals surface area contributed by atoms with Gasteiger partial charge in [-0.25, -0.2) is 0 Å². The number of nitrogens with zero attached hydrogens (tertiary/aromatic N) is 4.